The van der Waals surface area contributed by atoms with E-state index in [-0.39, 0.29) is 12.0 Å². The van der Waals surface area contributed by atoms with E-state index in [1.165, 1.54) is 18.2 Å². The summed E-state index contributed by atoms with van der Waals surface area (Å²) < 4.78 is 26.8. The molecule has 0 aliphatic heterocycles. The Morgan fingerprint density at radius 3 is 2.19 bits per heavy atom. The first-order chi connectivity index (χ1) is 7.52. The summed E-state index contributed by atoms with van der Waals surface area (Å²) >= 11 is 0. The third-order valence-corrected chi connectivity index (χ3v) is 2.94. The van der Waals surface area contributed by atoms with E-state index in [4.69, 9.17) is 0 Å². The zero-order valence-electron chi connectivity index (χ0n) is 9.76. The van der Waals surface area contributed by atoms with Gasteiger partial charge in [0.05, 0.1) is 5.60 Å². The third-order valence-electron chi connectivity index (χ3n) is 2.94. The number of aliphatic hydroxyl groups is 1. The summed E-state index contributed by atoms with van der Waals surface area (Å²) in [5, 5.41) is 10.2. The molecule has 0 fully saturated rings. The largest absolute Gasteiger partial charge is 0.390 e. The maximum absolute atomic E-state index is 13.4. The fourth-order valence-corrected chi connectivity index (χ4v) is 1.89. The highest BCUT2D eigenvalue weighted by Crippen LogP contribution is 2.25. The Hall–Kier alpha value is -0.960. The minimum atomic E-state index is -1.00. The van der Waals surface area contributed by atoms with Crippen LogP contribution < -0.4 is 0 Å². The number of rotatable bonds is 5. The van der Waals surface area contributed by atoms with Crippen molar-refractivity contribution in [3.63, 3.8) is 0 Å². The van der Waals surface area contributed by atoms with E-state index in [1.807, 2.05) is 13.8 Å². The van der Waals surface area contributed by atoms with Crippen molar-refractivity contribution in [1.82, 2.24) is 0 Å². The van der Waals surface area contributed by atoms with Gasteiger partial charge in [0.15, 0.2) is 0 Å². The minimum absolute atomic E-state index is 0.0136. The number of hydrogen-bond acceptors (Lipinski definition) is 1. The molecule has 0 saturated heterocycles. The average Bonchev–Trinajstić information content (AvgIpc) is 2.24. The predicted molar refractivity (Wildman–Crippen MR) is 60.2 cm³/mol. The monoisotopic (exact) mass is 228 g/mol. The standard InChI is InChI=1S/C13H18F2O/c1-3-8-13(16,4-2)9-10-11(14)6-5-7-12(10)15/h5-7,16H,3-4,8-9H2,1-2H3. The summed E-state index contributed by atoms with van der Waals surface area (Å²) in [7, 11) is 0. The number of benzene rings is 1. The molecule has 1 rings (SSSR count). The maximum Gasteiger partial charge on any atom is 0.129 e. The normalized spacial score (nSPS) is 14.8. The van der Waals surface area contributed by atoms with Crippen LogP contribution in [-0.4, -0.2) is 10.7 Å². The quantitative estimate of drug-likeness (QED) is 0.818. The summed E-state index contributed by atoms with van der Waals surface area (Å²) in [6, 6.07) is 3.78. The highest BCUT2D eigenvalue weighted by molar-refractivity contribution is 5.21. The number of hydrogen-bond donors (Lipinski definition) is 1. The van der Waals surface area contributed by atoms with E-state index >= 15 is 0 Å². The van der Waals surface area contributed by atoms with E-state index in [9.17, 15) is 13.9 Å². The second-order valence-electron chi connectivity index (χ2n) is 4.20. The van der Waals surface area contributed by atoms with E-state index in [0.717, 1.165) is 6.42 Å². The highest BCUT2D eigenvalue weighted by Gasteiger charge is 2.26. The van der Waals surface area contributed by atoms with E-state index < -0.39 is 17.2 Å². The molecule has 1 N–H and O–H groups in total. The summed E-state index contributed by atoms with van der Waals surface area (Å²) in [5.74, 6) is -1.16. The summed E-state index contributed by atoms with van der Waals surface area (Å²) in [5.41, 5.74) is -1.02. The Bertz CT molecular complexity index is 332. The Morgan fingerprint density at radius 1 is 1.19 bits per heavy atom. The molecule has 0 aliphatic rings. The first kappa shape index (κ1) is 13.1. The fraction of sp³-hybridized carbons (Fsp3) is 0.538. The van der Waals surface area contributed by atoms with Crippen molar-refractivity contribution in [1.29, 1.82) is 0 Å². The lowest BCUT2D eigenvalue weighted by molar-refractivity contribution is 0.0254. The molecule has 0 aromatic heterocycles. The fourth-order valence-electron chi connectivity index (χ4n) is 1.89. The first-order valence-corrected chi connectivity index (χ1v) is 5.67. The van der Waals surface area contributed by atoms with Gasteiger partial charge >= 0.3 is 0 Å². The predicted octanol–water partition coefficient (Wildman–Crippen LogP) is 3.45. The lowest BCUT2D eigenvalue weighted by Gasteiger charge is -2.26. The van der Waals surface area contributed by atoms with Crippen molar-refractivity contribution in [2.45, 2.75) is 45.1 Å². The molecule has 0 heterocycles. The Morgan fingerprint density at radius 2 is 1.75 bits per heavy atom. The molecule has 0 amide bonds. The van der Waals surface area contributed by atoms with Gasteiger partial charge in [-0.05, 0) is 25.0 Å². The van der Waals surface area contributed by atoms with Crippen molar-refractivity contribution in [2.24, 2.45) is 0 Å². The SMILES string of the molecule is CCCC(O)(CC)Cc1c(F)cccc1F. The van der Waals surface area contributed by atoms with Crippen molar-refractivity contribution < 1.29 is 13.9 Å². The van der Waals surface area contributed by atoms with Crippen LogP contribution in [0.5, 0.6) is 0 Å². The van der Waals surface area contributed by atoms with Crippen LogP contribution in [0.2, 0.25) is 0 Å². The summed E-state index contributed by atoms with van der Waals surface area (Å²) in [6.45, 7) is 3.77. The Kier molecular flexibility index (Phi) is 4.42. The van der Waals surface area contributed by atoms with Crippen LogP contribution in [0.25, 0.3) is 0 Å². The zero-order valence-corrected chi connectivity index (χ0v) is 9.76. The van der Waals surface area contributed by atoms with Crippen LogP contribution >= 0.6 is 0 Å². The van der Waals surface area contributed by atoms with Gasteiger partial charge in [-0.3, -0.25) is 0 Å². The molecule has 0 bridgehead atoms. The third kappa shape index (κ3) is 3.01. The molecule has 90 valence electrons. The Balaban J connectivity index is 2.94. The molecule has 1 atom stereocenters. The number of halogens is 2. The van der Waals surface area contributed by atoms with Gasteiger partial charge < -0.3 is 5.11 Å². The van der Waals surface area contributed by atoms with Crippen LogP contribution in [0.1, 0.15) is 38.7 Å². The molecule has 0 radical (unpaired) electrons. The summed E-state index contributed by atoms with van der Waals surface area (Å²) in [4.78, 5) is 0. The molecule has 1 aromatic rings. The van der Waals surface area contributed by atoms with Crippen LogP contribution in [0.4, 0.5) is 8.78 Å². The zero-order chi connectivity index (χ0) is 12.2. The van der Waals surface area contributed by atoms with Gasteiger partial charge in [0, 0.05) is 12.0 Å². The second kappa shape index (κ2) is 5.39. The van der Waals surface area contributed by atoms with E-state index in [0.29, 0.717) is 12.8 Å². The lowest BCUT2D eigenvalue weighted by atomic mass is 9.87. The van der Waals surface area contributed by atoms with Crippen LogP contribution in [0.15, 0.2) is 18.2 Å². The minimum Gasteiger partial charge on any atom is -0.390 e. The molecule has 0 aliphatic carbocycles. The van der Waals surface area contributed by atoms with E-state index in [1.54, 1.807) is 0 Å². The molecule has 1 nitrogen and oxygen atoms in total. The van der Waals surface area contributed by atoms with Crippen molar-refractivity contribution in [2.75, 3.05) is 0 Å². The van der Waals surface area contributed by atoms with Crippen LogP contribution in [0, 0.1) is 11.6 Å². The molecular weight excluding hydrogens is 210 g/mol. The first-order valence-electron chi connectivity index (χ1n) is 5.67. The van der Waals surface area contributed by atoms with Gasteiger partial charge in [-0.1, -0.05) is 26.3 Å². The van der Waals surface area contributed by atoms with Gasteiger partial charge in [-0.15, -0.1) is 0 Å². The lowest BCUT2D eigenvalue weighted by Crippen LogP contribution is -2.31. The molecule has 1 unspecified atom stereocenters. The van der Waals surface area contributed by atoms with Gasteiger partial charge in [-0.25, -0.2) is 8.78 Å². The van der Waals surface area contributed by atoms with Crippen molar-refractivity contribution in [3.8, 4) is 0 Å². The van der Waals surface area contributed by atoms with E-state index in [2.05, 4.69) is 0 Å². The van der Waals surface area contributed by atoms with Gasteiger partial charge in [0.25, 0.3) is 0 Å². The smallest absolute Gasteiger partial charge is 0.129 e. The molecule has 0 spiro atoms. The van der Waals surface area contributed by atoms with Crippen LogP contribution in [-0.2, 0) is 6.42 Å². The van der Waals surface area contributed by atoms with Crippen molar-refractivity contribution >= 4 is 0 Å². The second-order valence-corrected chi connectivity index (χ2v) is 4.20. The van der Waals surface area contributed by atoms with Gasteiger partial charge in [0.2, 0.25) is 0 Å². The topological polar surface area (TPSA) is 20.2 Å². The van der Waals surface area contributed by atoms with Gasteiger partial charge in [0.1, 0.15) is 11.6 Å². The van der Waals surface area contributed by atoms with Gasteiger partial charge in [-0.2, -0.15) is 0 Å². The highest BCUT2D eigenvalue weighted by atomic mass is 19.1. The molecule has 1 aromatic carbocycles. The average molecular weight is 228 g/mol. The molecule has 0 saturated carbocycles. The summed E-state index contributed by atoms with van der Waals surface area (Å²) in [6.07, 6.45) is 1.88. The van der Waals surface area contributed by atoms with Crippen molar-refractivity contribution in [3.05, 3.63) is 35.4 Å². The maximum atomic E-state index is 13.4. The molecular formula is C13H18F2O. The molecule has 16 heavy (non-hydrogen) atoms. The Labute approximate surface area is 95.1 Å². The molecule has 3 heteroatoms. The van der Waals surface area contributed by atoms with Crippen LogP contribution in [0.3, 0.4) is 0 Å².